The topological polar surface area (TPSA) is 69.7 Å². The number of aryl methyl sites for hydroxylation is 1. The van der Waals surface area contributed by atoms with Crippen LogP contribution in [0.3, 0.4) is 0 Å². The van der Waals surface area contributed by atoms with Crippen molar-refractivity contribution >= 4 is 11.8 Å². The number of piperidine rings is 1. The van der Waals surface area contributed by atoms with Crippen molar-refractivity contribution in [1.29, 1.82) is 0 Å². The van der Waals surface area contributed by atoms with Crippen molar-refractivity contribution in [3.63, 3.8) is 0 Å². The Morgan fingerprint density at radius 3 is 2.69 bits per heavy atom. The fraction of sp³-hybridized carbons (Fsp3) is 0.438. The zero-order chi connectivity index (χ0) is 27.0. The van der Waals surface area contributed by atoms with Crippen LogP contribution >= 0.6 is 0 Å². The molecule has 1 amide bonds. The summed E-state index contributed by atoms with van der Waals surface area (Å²) < 4.78 is 5.43. The van der Waals surface area contributed by atoms with Crippen molar-refractivity contribution in [2.75, 3.05) is 31.6 Å². The normalized spacial score (nSPS) is 17.6. The maximum Gasteiger partial charge on any atom is 0.407 e. The van der Waals surface area contributed by atoms with Crippen LogP contribution < -0.4 is 15.5 Å². The Bertz CT molecular complexity index is 1210. The molecule has 0 saturated carbocycles. The highest BCUT2D eigenvalue weighted by atomic mass is 16.5. The number of anilines is 1. The lowest BCUT2D eigenvalue weighted by atomic mass is 9.91. The largest absolute Gasteiger partial charge is 0.445 e. The van der Waals surface area contributed by atoms with E-state index in [0.717, 1.165) is 69.7 Å². The third-order valence-electron chi connectivity index (χ3n) is 7.91. The number of hydrogen-bond donors (Lipinski definition) is 2. The second kappa shape index (κ2) is 13.1. The van der Waals surface area contributed by atoms with E-state index in [-0.39, 0.29) is 12.1 Å². The molecule has 0 bridgehead atoms. The summed E-state index contributed by atoms with van der Waals surface area (Å²) in [4.78, 5) is 21.8. The van der Waals surface area contributed by atoms with Crippen LogP contribution in [-0.2, 0) is 30.9 Å². The van der Waals surface area contributed by atoms with Gasteiger partial charge < -0.3 is 25.2 Å². The van der Waals surface area contributed by atoms with Crippen molar-refractivity contribution < 1.29 is 9.53 Å². The predicted octanol–water partition coefficient (Wildman–Crippen LogP) is 4.82. The molecule has 5 rings (SSSR count). The average Bonchev–Trinajstić information content (AvgIpc) is 2.97. The van der Waals surface area contributed by atoms with Crippen LogP contribution in [0.1, 0.15) is 47.2 Å². The van der Waals surface area contributed by atoms with E-state index in [0.29, 0.717) is 12.6 Å². The SMILES string of the molecule is Cc1ccc(CN(C)CC[C@H]2Cc3c(cccc3N3CCC(NC(=O)OCc4ccccc4)CC3)CN2)nc1. The zero-order valence-electron chi connectivity index (χ0n) is 23.2. The van der Waals surface area contributed by atoms with Crippen molar-refractivity contribution in [1.82, 2.24) is 20.5 Å². The molecule has 2 aromatic carbocycles. The molecule has 1 aromatic heterocycles. The molecule has 2 N–H and O–H groups in total. The van der Waals surface area contributed by atoms with E-state index in [1.807, 2.05) is 36.5 Å². The third-order valence-corrected chi connectivity index (χ3v) is 7.91. The quantitative estimate of drug-likeness (QED) is 0.416. The first-order valence-electron chi connectivity index (χ1n) is 14.2. The summed E-state index contributed by atoms with van der Waals surface area (Å²) in [6.45, 7) is 7.07. The summed E-state index contributed by atoms with van der Waals surface area (Å²) in [5.41, 5.74) is 7.57. The first-order valence-corrected chi connectivity index (χ1v) is 14.2. The lowest BCUT2D eigenvalue weighted by Gasteiger charge is -2.37. The van der Waals surface area contributed by atoms with Crippen LogP contribution in [0.5, 0.6) is 0 Å². The Balaban J connectivity index is 1.10. The number of carbonyl (C=O) groups is 1. The highest BCUT2D eigenvalue weighted by molar-refractivity contribution is 5.67. The summed E-state index contributed by atoms with van der Waals surface area (Å²) in [5, 5.41) is 6.83. The molecule has 206 valence electrons. The summed E-state index contributed by atoms with van der Waals surface area (Å²) in [6, 6.07) is 21.4. The van der Waals surface area contributed by atoms with Crippen LogP contribution in [0.4, 0.5) is 10.5 Å². The van der Waals surface area contributed by atoms with Gasteiger partial charge in [0.25, 0.3) is 0 Å². The number of ether oxygens (including phenoxy) is 1. The highest BCUT2D eigenvalue weighted by Crippen LogP contribution is 2.31. The minimum Gasteiger partial charge on any atom is -0.445 e. The summed E-state index contributed by atoms with van der Waals surface area (Å²) in [6.07, 6.45) is 5.61. The minimum absolute atomic E-state index is 0.150. The van der Waals surface area contributed by atoms with Crippen LogP contribution in [-0.4, -0.2) is 54.7 Å². The molecule has 1 atom stereocenters. The average molecular weight is 528 g/mol. The first kappa shape index (κ1) is 27.2. The van der Waals surface area contributed by atoms with E-state index in [1.165, 1.54) is 22.4 Å². The fourth-order valence-electron chi connectivity index (χ4n) is 5.62. The maximum atomic E-state index is 12.3. The molecular formula is C32H41N5O2. The summed E-state index contributed by atoms with van der Waals surface area (Å²) >= 11 is 0. The lowest BCUT2D eigenvalue weighted by molar-refractivity contribution is 0.134. The van der Waals surface area contributed by atoms with Gasteiger partial charge in [-0.3, -0.25) is 4.98 Å². The van der Waals surface area contributed by atoms with E-state index in [2.05, 4.69) is 69.7 Å². The molecule has 0 aliphatic carbocycles. The molecule has 3 aromatic rings. The van der Waals surface area contributed by atoms with E-state index < -0.39 is 0 Å². The van der Waals surface area contributed by atoms with Gasteiger partial charge in [0.15, 0.2) is 0 Å². The fourth-order valence-corrected chi connectivity index (χ4v) is 5.62. The lowest BCUT2D eigenvalue weighted by Crippen LogP contribution is -2.45. The Morgan fingerprint density at radius 1 is 1.10 bits per heavy atom. The number of amides is 1. The van der Waals surface area contributed by atoms with Gasteiger partial charge in [0.2, 0.25) is 0 Å². The molecule has 1 saturated heterocycles. The smallest absolute Gasteiger partial charge is 0.407 e. The second-order valence-corrected chi connectivity index (χ2v) is 11.0. The summed E-state index contributed by atoms with van der Waals surface area (Å²) in [5.74, 6) is 0. The third kappa shape index (κ3) is 7.58. The Kier molecular flexibility index (Phi) is 9.12. The standard InChI is InChI=1S/C32H41N5O2/c1-24-11-12-29(33-20-24)22-36(2)16-13-28-19-30-26(21-34-28)9-6-10-31(30)37-17-14-27(15-18-37)35-32(38)39-23-25-7-4-3-5-8-25/h3-12,20,27-28,34H,13-19,21-23H2,1-2H3,(H,35,38)/t28-/m0/s1. The number of pyridine rings is 1. The number of rotatable bonds is 9. The van der Waals surface area contributed by atoms with Gasteiger partial charge in [-0.05, 0) is 80.6 Å². The van der Waals surface area contributed by atoms with Gasteiger partial charge in [-0.2, -0.15) is 0 Å². The Morgan fingerprint density at radius 2 is 1.92 bits per heavy atom. The van der Waals surface area contributed by atoms with Gasteiger partial charge in [-0.1, -0.05) is 48.5 Å². The number of alkyl carbamates (subject to hydrolysis) is 1. The molecule has 39 heavy (non-hydrogen) atoms. The van der Waals surface area contributed by atoms with Crippen LogP contribution in [0, 0.1) is 6.92 Å². The molecule has 7 heteroatoms. The number of hydrogen-bond acceptors (Lipinski definition) is 6. The Hall–Kier alpha value is -3.42. The van der Waals surface area contributed by atoms with Crippen LogP contribution in [0.2, 0.25) is 0 Å². The molecular weight excluding hydrogens is 486 g/mol. The molecule has 7 nitrogen and oxygen atoms in total. The van der Waals surface area contributed by atoms with Gasteiger partial charge in [-0.25, -0.2) is 4.79 Å². The van der Waals surface area contributed by atoms with E-state index in [9.17, 15) is 4.79 Å². The van der Waals surface area contributed by atoms with Crippen molar-refractivity contribution in [2.45, 2.75) is 64.4 Å². The molecule has 0 spiro atoms. The zero-order valence-corrected chi connectivity index (χ0v) is 23.2. The molecule has 3 heterocycles. The van der Waals surface area contributed by atoms with Crippen molar-refractivity contribution in [2.24, 2.45) is 0 Å². The minimum atomic E-state index is -0.327. The number of fused-ring (bicyclic) bond motifs is 1. The number of carbonyl (C=O) groups excluding carboxylic acids is 1. The van der Waals surface area contributed by atoms with Crippen LogP contribution in [0.25, 0.3) is 0 Å². The van der Waals surface area contributed by atoms with E-state index >= 15 is 0 Å². The van der Waals surface area contributed by atoms with Gasteiger partial charge in [0.1, 0.15) is 6.61 Å². The molecule has 0 unspecified atom stereocenters. The Labute approximate surface area is 232 Å². The molecule has 0 radical (unpaired) electrons. The van der Waals surface area contributed by atoms with Crippen LogP contribution in [0.15, 0.2) is 66.9 Å². The molecule has 2 aliphatic heterocycles. The number of aromatic nitrogens is 1. The molecule has 2 aliphatic rings. The van der Waals surface area contributed by atoms with Gasteiger partial charge in [0, 0.05) is 50.1 Å². The predicted molar refractivity (Wildman–Crippen MR) is 156 cm³/mol. The maximum absolute atomic E-state index is 12.3. The summed E-state index contributed by atoms with van der Waals surface area (Å²) in [7, 11) is 2.18. The van der Waals surface area contributed by atoms with Crippen molar-refractivity contribution in [3.8, 4) is 0 Å². The van der Waals surface area contributed by atoms with Gasteiger partial charge >= 0.3 is 6.09 Å². The number of benzene rings is 2. The number of nitrogens with zero attached hydrogens (tertiary/aromatic N) is 3. The second-order valence-electron chi connectivity index (χ2n) is 11.0. The van der Waals surface area contributed by atoms with Crippen molar-refractivity contribution in [3.05, 3.63) is 94.8 Å². The van der Waals surface area contributed by atoms with E-state index in [1.54, 1.807) is 0 Å². The monoisotopic (exact) mass is 527 g/mol. The molecule has 1 fully saturated rings. The highest BCUT2D eigenvalue weighted by Gasteiger charge is 2.26. The first-order chi connectivity index (χ1) is 19.0. The van der Waals surface area contributed by atoms with Gasteiger partial charge in [-0.15, -0.1) is 0 Å². The number of nitrogens with one attached hydrogen (secondary N) is 2. The van der Waals surface area contributed by atoms with E-state index in [4.69, 9.17) is 4.74 Å². The van der Waals surface area contributed by atoms with Gasteiger partial charge in [0.05, 0.1) is 5.69 Å².